The Balaban J connectivity index is 1.20. The Morgan fingerprint density at radius 3 is 2.74 bits per heavy atom. The molecule has 1 aliphatic carbocycles. The summed E-state index contributed by atoms with van der Waals surface area (Å²) in [5, 5.41) is 21.4. The third kappa shape index (κ3) is 7.28. The Morgan fingerprint density at radius 1 is 1.19 bits per heavy atom. The van der Waals surface area contributed by atoms with Crippen LogP contribution in [0.5, 0.6) is 5.88 Å². The minimum atomic E-state index is -0.816. The van der Waals surface area contributed by atoms with Crippen LogP contribution >= 0.6 is 11.3 Å². The maximum absolute atomic E-state index is 13.2. The molecule has 2 aromatic heterocycles. The maximum atomic E-state index is 13.2. The van der Waals surface area contributed by atoms with Crippen molar-refractivity contribution >= 4 is 17.2 Å². The predicted octanol–water partition coefficient (Wildman–Crippen LogP) is 5.40. The summed E-state index contributed by atoms with van der Waals surface area (Å²) in [6.07, 6.45) is 9.51. The van der Waals surface area contributed by atoms with Crippen molar-refractivity contribution in [2.75, 3.05) is 13.2 Å². The molecule has 8 nitrogen and oxygen atoms in total. The van der Waals surface area contributed by atoms with Crippen molar-refractivity contribution in [1.29, 1.82) is 0 Å². The normalized spacial score (nSPS) is 22.3. The molecule has 3 aliphatic rings. The van der Waals surface area contributed by atoms with Crippen LogP contribution in [0.1, 0.15) is 82.0 Å². The number of nitrogens with one attached hydrogen (secondary N) is 2. The van der Waals surface area contributed by atoms with Gasteiger partial charge in [0.2, 0.25) is 11.8 Å². The molecular formula is C34H44N4O4S. The van der Waals surface area contributed by atoms with Crippen molar-refractivity contribution in [3.63, 3.8) is 0 Å². The Hall–Kier alpha value is -2.85. The van der Waals surface area contributed by atoms with Gasteiger partial charge in [-0.2, -0.15) is 0 Å². The number of aliphatic hydroxyl groups excluding tert-OH is 1. The molecule has 3 N–H and O–H groups in total. The van der Waals surface area contributed by atoms with Gasteiger partial charge in [-0.3, -0.25) is 4.79 Å². The van der Waals surface area contributed by atoms with Crippen LogP contribution in [-0.2, 0) is 22.4 Å². The van der Waals surface area contributed by atoms with Gasteiger partial charge in [0.05, 0.1) is 12.1 Å². The summed E-state index contributed by atoms with van der Waals surface area (Å²) < 4.78 is 12.1. The van der Waals surface area contributed by atoms with Crippen molar-refractivity contribution in [3.05, 3.63) is 64.8 Å². The van der Waals surface area contributed by atoms with Gasteiger partial charge in [0.25, 0.3) is 0 Å². The summed E-state index contributed by atoms with van der Waals surface area (Å²) in [5.41, 5.74) is 4.28. The van der Waals surface area contributed by atoms with E-state index < -0.39 is 18.2 Å². The zero-order valence-corrected chi connectivity index (χ0v) is 26.3. The lowest BCUT2D eigenvalue weighted by Crippen LogP contribution is -2.53. The average molecular weight is 605 g/mol. The van der Waals surface area contributed by atoms with Crippen LogP contribution in [-0.4, -0.2) is 58.0 Å². The van der Waals surface area contributed by atoms with Gasteiger partial charge in [-0.25, -0.2) is 9.97 Å². The molecule has 1 aromatic carbocycles. The van der Waals surface area contributed by atoms with Gasteiger partial charge >= 0.3 is 0 Å². The van der Waals surface area contributed by atoms with Crippen LogP contribution in [0.15, 0.2) is 48.1 Å². The quantitative estimate of drug-likeness (QED) is 0.285. The molecule has 2 aliphatic heterocycles. The number of aliphatic hydroxyl groups is 1. The molecule has 6 rings (SSSR count). The lowest BCUT2D eigenvalue weighted by atomic mass is 9.73. The smallest absolute Gasteiger partial charge is 0.249 e. The zero-order chi connectivity index (χ0) is 30.0. The van der Waals surface area contributed by atoms with Gasteiger partial charge in [-0.15, -0.1) is 11.3 Å². The number of rotatable bonds is 10. The van der Waals surface area contributed by atoms with E-state index in [-0.39, 0.29) is 23.0 Å². The molecule has 4 heterocycles. The van der Waals surface area contributed by atoms with E-state index in [1.807, 2.05) is 29.8 Å². The maximum Gasteiger partial charge on any atom is 0.249 e. The summed E-state index contributed by atoms with van der Waals surface area (Å²) in [6, 6.07) is 9.94. The van der Waals surface area contributed by atoms with E-state index in [2.05, 4.69) is 48.5 Å². The molecule has 2 fully saturated rings. The number of benzene rings is 1. The van der Waals surface area contributed by atoms with E-state index in [1.165, 1.54) is 5.56 Å². The summed E-state index contributed by atoms with van der Waals surface area (Å²) in [7, 11) is 0. The molecule has 0 radical (unpaired) electrons. The Kier molecular flexibility index (Phi) is 8.87. The fourth-order valence-corrected chi connectivity index (χ4v) is 7.18. The van der Waals surface area contributed by atoms with Crippen molar-refractivity contribution < 1.29 is 19.4 Å². The third-order valence-electron chi connectivity index (χ3n) is 8.85. The molecule has 1 amide bonds. The van der Waals surface area contributed by atoms with Crippen LogP contribution in [0.3, 0.4) is 0 Å². The van der Waals surface area contributed by atoms with Gasteiger partial charge in [-0.05, 0) is 73.6 Å². The number of pyridine rings is 1. The summed E-state index contributed by atoms with van der Waals surface area (Å²) >= 11 is 1.59. The van der Waals surface area contributed by atoms with Crippen molar-refractivity contribution in [2.24, 2.45) is 5.41 Å². The average Bonchev–Trinajstić information content (AvgIpc) is 3.69. The van der Waals surface area contributed by atoms with E-state index in [9.17, 15) is 9.90 Å². The minimum Gasteiger partial charge on any atom is -0.471 e. The van der Waals surface area contributed by atoms with Crippen LogP contribution < -0.4 is 15.4 Å². The van der Waals surface area contributed by atoms with Gasteiger partial charge in [0, 0.05) is 54.5 Å². The summed E-state index contributed by atoms with van der Waals surface area (Å²) in [5.74, 6) is 0.552. The summed E-state index contributed by atoms with van der Waals surface area (Å²) in [4.78, 5) is 22.4. The topological polar surface area (TPSA) is 106 Å². The highest BCUT2D eigenvalue weighted by Gasteiger charge is 2.46. The van der Waals surface area contributed by atoms with Gasteiger partial charge in [0.15, 0.2) is 0 Å². The first-order chi connectivity index (χ1) is 20.7. The second-order valence-corrected chi connectivity index (χ2v) is 14.6. The molecule has 4 atom stereocenters. The number of ether oxygens (including phenoxy) is 2. The molecule has 0 bridgehead atoms. The number of hydrogen-bond acceptors (Lipinski definition) is 8. The summed E-state index contributed by atoms with van der Waals surface area (Å²) in [6.45, 7) is 7.62. The second kappa shape index (κ2) is 12.6. The van der Waals surface area contributed by atoms with Crippen molar-refractivity contribution in [3.8, 4) is 16.5 Å². The Bertz CT molecular complexity index is 1400. The molecule has 1 spiro atoms. The fourth-order valence-electron chi connectivity index (χ4n) is 6.55. The first kappa shape index (κ1) is 30.2. The molecular weight excluding hydrogens is 560 g/mol. The molecule has 43 heavy (non-hydrogen) atoms. The van der Waals surface area contributed by atoms with Crippen molar-refractivity contribution in [2.45, 2.75) is 102 Å². The largest absolute Gasteiger partial charge is 0.471 e. The Morgan fingerprint density at radius 2 is 2.05 bits per heavy atom. The Labute approximate surface area is 258 Å². The predicted molar refractivity (Wildman–Crippen MR) is 168 cm³/mol. The standard InChI is InChI=1S/C34H44N4O4S/c1-33(2,3)18-23-16-25-27(19-34(10-6-11-34)42-31(25)37-20-23)36-21-28(39)26(38-30(40)29-9-5-13-41-29)17-22-7-4-8-24(15-22)32-35-12-14-43-32/h4,7-8,12,14-16,20,26-29,36,39H,5-6,9-11,13,17-19,21H2,1-3H3,(H,38,40)/t26-,27-,28+,29-/m0/s1. The second-order valence-electron chi connectivity index (χ2n) is 13.7. The van der Waals surface area contributed by atoms with Gasteiger partial charge in [-0.1, -0.05) is 39.0 Å². The van der Waals surface area contributed by atoms with E-state index in [1.54, 1.807) is 17.5 Å². The van der Waals surface area contributed by atoms with Crippen LogP contribution in [0.25, 0.3) is 10.6 Å². The number of carbonyl (C=O) groups excluding carboxylic acids is 1. The number of thiazole rings is 1. The number of amides is 1. The highest BCUT2D eigenvalue weighted by atomic mass is 32.1. The number of aromatic nitrogens is 2. The lowest BCUT2D eigenvalue weighted by molar-refractivity contribution is -0.131. The monoisotopic (exact) mass is 604 g/mol. The first-order valence-corrected chi connectivity index (χ1v) is 16.5. The highest BCUT2D eigenvalue weighted by molar-refractivity contribution is 7.13. The molecule has 1 saturated carbocycles. The number of carbonyl (C=O) groups is 1. The molecule has 0 unspecified atom stereocenters. The van der Waals surface area contributed by atoms with E-state index in [0.717, 1.165) is 60.2 Å². The minimum absolute atomic E-state index is 0.00821. The first-order valence-electron chi connectivity index (χ1n) is 15.7. The fraction of sp³-hybridized carbons (Fsp3) is 0.559. The molecule has 1 saturated heterocycles. The SMILES string of the molecule is CC(C)(C)Cc1cnc2c(c1)[C@@H](NC[C@@H](O)[C@H](Cc1cccc(-c3nccs3)c1)NC(=O)[C@@H]1CCCO1)CC1(CCC1)O2. The van der Waals surface area contributed by atoms with Crippen LogP contribution in [0, 0.1) is 5.41 Å². The van der Waals surface area contributed by atoms with Gasteiger partial charge < -0.3 is 25.2 Å². The van der Waals surface area contributed by atoms with E-state index in [0.29, 0.717) is 31.9 Å². The van der Waals surface area contributed by atoms with E-state index >= 15 is 0 Å². The zero-order valence-electron chi connectivity index (χ0n) is 25.5. The van der Waals surface area contributed by atoms with Crippen LogP contribution in [0.2, 0.25) is 0 Å². The van der Waals surface area contributed by atoms with Gasteiger partial charge in [0.1, 0.15) is 16.7 Å². The molecule has 230 valence electrons. The third-order valence-corrected chi connectivity index (χ3v) is 9.67. The highest BCUT2D eigenvalue weighted by Crippen LogP contribution is 2.48. The number of nitrogens with zero attached hydrogens (tertiary/aromatic N) is 2. The molecule has 9 heteroatoms. The van der Waals surface area contributed by atoms with Crippen molar-refractivity contribution in [1.82, 2.24) is 20.6 Å². The van der Waals surface area contributed by atoms with Crippen LogP contribution in [0.4, 0.5) is 0 Å². The lowest BCUT2D eigenvalue weighted by Gasteiger charge is -2.47. The molecule has 3 aromatic rings. The number of fused-ring (bicyclic) bond motifs is 1. The van der Waals surface area contributed by atoms with E-state index in [4.69, 9.17) is 14.5 Å². The number of hydrogen-bond donors (Lipinski definition) is 3.